The van der Waals surface area contributed by atoms with Crippen LogP contribution in [0.3, 0.4) is 0 Å². The van der Waals surface area contributed by atoms with Gasteiger partial charge < -0.3 is 5.73 Å². The van der Waals surface area contributed by atoms with Crippen LogP contribution in [0.1, 0.15) is 28.1 Å². The third-order valence-corrected chi connectivity index (χ3v) is 3.22. The van der Waals surface area contributed by atoms with Crippen molar-refractivity contribution in [1.82, 2.24) is 9.78 Å². The van der Waals surface area contributed by atoms with E-state index in [1.165, 1.54) is 5.56 Å². The summed E-state index contributed by atoms with van der Waals surface area (Å²) in [5.74, 6) is 0. The fourth-order valence-electron chi connectivity index (χ4n) is 2.46. The predicted octanol–water partition coefficient (Wildman–Crippen LogP) is 1.92. The Morgan fingerprint density at radius 3 is 2.21 bits per heavy atom. The van der Waals surface area contributed by atoms with Crippen LogP contribution in [0.25, 0.3) is 5.69 Å². The largest absolute Gasteiger partial charge is 0.325 e. The molecule has 1 aromatic carbocycles. The molecule has 0 fully saturated rings. The second-order valence-electron chi connectivity index (χ2n) is 4.96. The Morgan fingerprint density at radius 2 is 1.68 bits per heavy atom. The molecule has 0 unspecified atom stereocenters. The Morgan fingerprint density at radius 1 is 1.11 bits per heavy atom. The number of aryl methyl sites for hydroxylation is 4. The molecule has 0 spiro atoms. The molecule has 0 bridgehead atoms. The van der Waals surface area contributed by atoms with Gasteiger partial charge in [0.1, 0.15) is 5.69 Å². The molecule has 0 saturated heterocycles. The molecule has 0 radical (unpaired) electrons. The van der Waals surface area contributed by atoms with Gasteiger partial charge in [-0.15, -0.1) is 0 Å². The molecule has 0 atom stereocenters. The van der Waals surface area contributed by atoms with E-state index < -0.39 is 0 Å². The molecule has 2 N–H and O–H groups in total. The van der Waals surface area contributed by atoms with Gasteiger partial charge in [-0.3, -0.25) is 4.79 Å². The minimum Gasteiger partial charge on any atom is -0.325 e. The number of aromatic nitrogens is 2. The van der Waals surface area contributed by atoms with Crippen LogP contribution in [0.2, 0.25) is 0 Å². The van der Waals surface area contributed by atoms with Crippen LogP contribution >= 0.6 is 0 Å². The van der Waals surface area contributed by atoms with E-state index >= 15 is 0 Å². The van der Waals surface area contributed by atoms with Gasteiger partial charge in [0, 0.05) is 18.3 Å². The maximum Gasteiger partial charge on any atom is 0.204 e. The molecule has 0 saturated carbocycles. The van der Waals surface area contributed by atoms with E-state index in [1.807, 2.05) is 11.6 Å². The molecular weight excluding hydrogens is 238 g/mol. The zero-order chi connectivity index (χ0) is 14.2. The van der Waals surface area contributed by atoms with Gasteiger partial charge in [0.2, 0.25) is 5.43 Å². The summed E-state index contributed by atoms with van der Waals surface area (Å²) >= 11 is 0. The lowest BCUT2D eigenvalue weighted by molar-refractivity contribution is 0.743. The van der Waals surface area contributed by atoms with Crippen molar-refractivity contribution in [1.29, 1.82) is 0 Å². The van der Waals surface area contributed by atoms with Crippen LogP contribution in [0.15, 0.2) is 23.0 Å². The van der Waals surface area contributed by atoms with Gasteiger partial charge >= 0.3 is 0 Å². The van der Waals surface area contributed by atoms with Crippen molar-refractivity contribution in [3.8, 4) is 5.69 Å². The van der Waals surface area contributed by atoms with Crippen molar-refractivity contribution in [2.75, 3.05) is 0 Å². The number of rotatable bonds is 2. The molecule has 1 heterocycles. The lowest BCUT2D eigenvalue weighted by Gasteiger charge is -2.16. The van der Waals surface area contributed by atoms with E-state index in [4.69, 9.17) is 5.73 Å². The Balaban J connectivity index is 2.76. The highest BCUT2D eigenvalue weighted by atomic mass is 16.1. The summed E-state index contributed by atoms with van der Waals surface area (Å²) in [5, 5.41) is 4.39. The van der Waals surface area contributed by atoms with E-state index in [0.717, 1.165) is 22.5 Å². The van der Waals surface area contributed by atoms with E-state index in [2.05, 4.69) is 38.0 Å². The van der Waals surface area contributed by atoms with E-state index in [0.29, 0.717) is 5.69 Å². The van der Waals surface area contributed by atoms with Crippen LogP contribution in [0.5, 0.6) is 0 Å². The first-order valence-electron chi connectivity index (χ1n) is 6.32. The maximum absolute atomic E-state index is 11.7. The van der Waals surface area contributed by atoms with Crippen molar-refractivity contribution in [3.63, 3.8) is 0 Å². The quantitative estimate of drug-likeness (QED) is 0.894. The summed E-state index contributed by atoms with van der Waals surface area (Å²) in [5.41, 5.74) is 11.2. The Hall–Kier alpha value is -1.94. The van der Waals surface area contributed by atoms with Gasteiger partial charge in [0.25, 0.3) is 0 Å². The van der Waals surface area contributed by atoms with Crippen LogP contribution in [0, 0.1) is 27.7 Å². The molecule has 4 heteroatoms. The van der Waals surface area contributed by atoms with Gasteiger partial charge in [-0.1, -0.05) is 17.7 Å². The number of nitrogens with zero attached hydrogens (tertiary/aromatic N) is 2. The van der Waals surface area contributed by atoms with E-state index in [1.54, 1.807) is 6.07 Å². The minimum atomic E-state index is -0.0985. The Labute approximate surface area is 112 Å². The first-order valence-corrected chi connectivity index (χ1v) is 6.32. The van der Waals surface area contributed by atoms with E-state index in [9.17, 15) is 4.79 Å². The summed E-state index contributed by atoms with van der Waals surface area (Å²) in [7, 11) is 0. The molecule has 2 rings (SSSR count). The summed E-state index contributed by atoms with van der Waals surface area (Å²) < 4.78 is 1.81. The molecule has 1 aromatic heterocycles. The maximum atomic E-state index is 11.7. The molecule has 4 nitrogen and oxygen atoms in total. The molecule has 0 aliphatic carbocycles. The third-order valence-electron chi connectivity index (χ3n) is 3.22. The third kappa shape index (κ3) is 2.44. The van der Waals surface area contributed by atoms with Crippen LogP contribution in [-0.4, -0.2) is 9.78 Å². The van der Waals surface area contributed by atoms with Gasteiger partial charge in [0.15, 0.2) is 0 Å². The van der Waals surface area contributed by atoms with Crippen molar-refractivity contribution in [2.45, 2.75) is 34.2 Å². The number of benzene rings is 1. The second kappa shape index (κ2) is 4.97. The number of nitrogens with two attached hydrogens (primary N) is 1. The Kier molecular flexibility index (Phi) is 3.53. The van der Waals surface area contributed by atoms with Crippen molar-refractivity contribution in [2.24, 2.45) is 5.73 Å². The lowest BCUT2D eigenvalue weighted by Crippen LogP contribution is -2.22. The van der Waals surface area contributed by atoms with Crippen LogP contribution in [0.4, 0.5) is 0 Å². The topological polar surface area (TPSA) is 60.9 Å². The van der Waals surface area contributed by atoms with Crippen LogP contribution < -0.4 is 11.2 Å². The molecule has 2 aromatic rings. The fraction of sp³-hybridized carbons (Fsp3) is 0.333. The molecule has 100 valence electrons. The average Bonchev–Trinajstić information content (AvgIpc) is 2.30. The number of hydrogen-bond acceptors (Lipinski definition) is 3. The normalized spacial score (nSPS) is 10.8. The molecule has 0 amide bonds. The molecule has 19 heavy (non-hydrogen) atoms. The SMILES string of the molecule is Cc1cc(C)c(-n2nc(CN)c(=O)cc2C)c(C)c1. The summed E-state index contributed by atoms with van der Waals surface area (Å²) in [6.07, 6.45) is 0. The Bertz CT molecular complexity index is 663. The smallest absolute Gasteiger partial charge is 0.204 e. The van der Waals surface area contributed by atoms with Gasteiger partial charge in [0.05, 0.1) is 5.69 Å². The highest BCUT2D eigenvalue weighted by Gasteiger charge is 2.11. The predicted molar refractivity (Wildman–Crippen MR) is 76.7 cm³/mol. The lowest BCUT2D eigenvalue weighted by atomic mass is 10.0. The molecular formula is C15H19N3O. The minimum absolute atomic E-state index is 0.0985. The summed E-state index contributed by atoms with van der Waals surface area (Å²) in [6, 6.07) is 5.82. The van der Waals surface area contributed by atoms with Gasteiger partial charge in [-0.25, -0.2) is 4.68 Å². The zero-order valence-electron chi connectivity index (χ0n) is 11.8. The zero-order valence-corrected chi connectivity index (χ0v) is 11.8. The first-order chi connectivity index (χ1) is 8.93. The van der Waals surface area contributed by atoms with Crippen molar-refractivity contribution in [3.05, 3.63) is 56.5 Å². The summed E-state index contributed by atoms with van der Waals surface area (Å²) in [6.45, 7) is 8.21. The molecule has 0 aliphatic rings. The van der Waals surface area contributed by atoms with Gasteiger partial charge in [-0.05, 0) is 38.8 Å². The summed E-state index contributed by atoms with van der Waals surface area (Å²) in [4.78, 5) is 11.7. The molecule has 0 aliphatic heterocycles. The highest BCUT2D eigenvalue weighted by Crippen LogP contribution is 2.21. The number of hydrogen-bond donors (Lipinski definition) is 1. The van der Waals surface area contributed by atoms with E-state index in [-0.39, 0.29) is 12.0 Å². The average molecular weight is 257 g/mol. The second-order valence-corrected chi connectivity index (χ2v) is 4.96. The van der Waals surface area contributed by atoms with Gasteiger partial charge in [-0.2, -0.15) is 5.10 Å². The first kappa shape index (κ1) is 13.5. The monoisotopic (exact) mass is 257 g/mol. The van der Waals surface area contributed by atoms with Crippen molar-refractivity contribution >= 4 is 0 Å². The standard InChI is InChI=1S/C15H19N3O/c1-9-5-10(2)15(11(3)6-9)18-12(4)7-14(19)13(8-16)17-18/h5-7H,8,16H2,1-4H3. The van der Waals surface area contributed by atoms with Crippen LogP contribution in [-0.2, 0) is 6.54 Å². The van der Waals surface area contributed by atoms with Crippen molar-refractivity contribution < 1.29 is 0 Å². The fourth-order valence-corrected chi connectivity index (χ4v) is 2.46. The highest BCUT2D eigenvalue weighted by molar-refractivity contribution is 5.49.